The van der Waals surface area contributed by atoms with Crippen LogP contribution < -0.4 is 0 Å². The summed E-state index contributed by atoms with van der Waals surface area (Å²) < 4.78 is 0. The topological polar surface area (TPSA) is 94.8 Å². The lowest BCUT2D eigenvalue weighted by molar-refractivity contribution is -0.144. The molecule has 0 rings (SSSR count). The van der Waals surface area contributed by atoms with Crippen molar-refractivity contribution in [1.29, 1.82) is 0 Å². The predicted molar refractivity (Wildman–Crippen MR) is 35.1 cm³/mol. The third-order valence-corrected chi connectivity index (χ3v) is 1.28. The molecule has 0 aliphatic rings. The second kappa shape index (κ2) is 4.68. The molecule has 0 radical (unpaired) electrons. The molecule has 0 saturated carbocycles. The van der Waals surface area contributed by atoms with Gasteiger partial charge in [0.25, 0.3) is 0 Å². The average molecular weight is 162 g/mol. The van der Waals surface area contributed by atoms with Gasteiger partial charge in [-0.2, -0.15) is 0 Å². The molecular formula is C6H10O5. The van der Waals surface area contributed by atoms with E-state index >= 15 is 0 Å². The molecule has 0 unspecified atom stereocenters. The Balaban J connectivity index is 3.70. The molecule has 5 heteroatoms. The summed E-state index contributed by atoms with van der Waals surface area (Å²) in [5.41, 5.74) is 0. The van der Waals surface area contributed by atoms with Gasteiger partial charge in [-0.25, -0.2) is 0 Å². The fourth-order valence-corrected chi connectivity index (χ4v) is 0.591. The highest BCUT2D eigenvalue weighted by molar-refractivity contribution is 5.72. The molecule has 0 aromatic heterocycles. The Morgan fingerprint density at radius 3 is 2.09 bits per heavy atom. The molecule has 0 bridgehead atoms. The maximum atomic E-state index is 10.2. The number of hydrogen-bond acceptors (Lipinski definition) is 3. The van der Waals surface area contributed by atoms with Gasteiger partial charge in [-0.05, 0) is 6.42 Å². The molecule has 0 aliphatic heterocycles. The Hall–Kier alpha value is -1.10. The molecule has 11 heavy (non-hydrogen) atoms. The van der Waals surface area contributed by atoms with Crippen molar-refractivity contribution in [3.05, 3.63) is 0 Å². The molecule has 0 fully saturated rings. The maximum absolute atomic E-state index is 10.2. The van der Waals surface area contributed by atoms with E-state index in [2.05, 4.69) is 0 Å². The zero-order valence-electron chi connectivity index (χ0n) is 5.86. The minimum Gasteiger partial charge on any atom is -0.481 e. The fourth-order valence-electron chi connectivity index (χ4n) is 0.591. The monoisotopic (exact) mass is 162 g/mol. The Kier molecular flexibility index (Phi) is 4.21. The van der Waals surface area contributed by atoms with Crippen LogP contribution in [-0.4, -0.2) is 33.9 Å². The van der Waals surface area contributed by atoms with Gasteiger partial charge in [-0.1, -0.05) is 0 Å². The molecule has 0 spiro atoms. The van der Waals surface area contributed by atoms with E-state index in [0.29, 0.717) is 0 Å². The van der Waals surface area contributed by atoms with Crippen molar-refractivity contribution >= 4 is 11.9 Å². The minimum atomic E-state index is -1.16. The maximum Gasteiger partial charge on any atom is 0.308 e. The summed E-state index contributed by atoms with van der Waals surface area (Å²) in [5.74, 6) is -3.16. The van der Waals surface area contributed by atoms with Crippen molar-refractivity contribution in [2.24, 2.45) is 5.92 Å². The highest BCUT2D eigenvalue weighted by Gasteiger charge is 2.16. The summed E-state index contributed by atoms with van der Waals surface area (Å²) in [6.45, 7) is -0.511. The summed E-state index contributed by atoms with van der Waals surface area (Å²) >= 11 is 0. The van der Waals surface area contributed by atoms with E-state index in [1.807, 2.05) is 0 Å². The zero-order chi connectivity index (χ0) is 8.85. The van der Waals surface area contributed by atoms with Crippen molar-refractivity contribution < 1.29 is 24.9 Å². The van der Waals surface area contributed by atoms with Crippen LogP contribution in [0.3, 0.4) is 0 Å². The summed E-state index contributed by atoms with van der Waals surface area (Å²) in [7, 11) is 0. The second-order valence-electron chi connectivity index (χ2n) is 2.15. The van der Waals surface area contributed by atoms with Gasteiger partial charge in [0.05, 0.1) is 12.5 Å². The summed E-state index contributed by atoms with van der Waals surface area (Å²) in [6.07, 6.45) is -0.251. The fraction of sp³-hybridized carbons (Fsp3) is 0.667. The standard InChI is InChI=1S/C6H10O5/c7-3-4(6(10)11)1-2-5(8)9/h4,7H,1-3H2,(H,8,9)(H,10,11)/t4-/m1/s1. The molecule has 0 aliphatic carbocycles. The first-order valence-corrected chi connectivity index (χ1v) is 3.13. The van der Waals surface area contributed by atoms with Crippen LogP contribution in [0.15, 0.2) is 0 Å². The molecule has 0 saturated heterocycles. The Morgan fingerprint density at radius 2 is 1.82 bits per heavy atom. The van der Waals surface area contributed by atoms with Crippen LogP contribution in [0, 0.1) is 5.92 Å². The van der Waals surface area contributed by atoms with Crippen LogP contribution in [0.1, 0.15) is 12.8 Å². The van der Waals surface area contributed by atoms with E-state index in [1.54, 1.807) is 0 Å². The van der Waals surface area contributed by atoms with Crippen LogP contribution in [-0.2, 0) is 9.59 Å². The smallest absolute Gasteiger partial charge is 0.308 e. The van der Waals surface area contributed by atoms with Crippen molar-refractivity contribution in [2.45, 2.75) is 12.8 Å². The molecule has 1 atom stereocenters. The van der Waals surface area contributed by atoms with Gasteiger partial charge in [-0.15, -0.1) is 0 Å². The average Bonchev–Trinajstić information content (AvgIpc) is 1.87. The van der Waals surface area contributed by atoms with Gasteiger partial charge in [0.1, 0.15) is 0 Å². The molecule has 64 valence electrons. The van der Waals surface area contributed by atoms with Crippen LogP contribution in [0.2, 0.25) is 0 Å². The first kappa shape index (κ1) is 9.90. The number of aliphatic carboxylic acids is 2. The summed E-state index contributed by atoms with van der Waals surface area (Å²) in [5, 5.41) is 24.9. The van der Waals surface area contributed by atoms with Crippen LogP contribution in [0.25, 0.3) is 0 Å². The third-order valence-electron chi connectivity index (χ3n) is 1.28. The third kappa shape index (κ3) is 4.32. The van der Waals surface area contributed by atoms with Gasteiger partial charge in [-0.3, -0.25) is 9.59 Å². The highest BCUT2D eigenvalue weighted by Crippen LogP contribution is 2.05. The van der Waals surface area contributed by atoms with Gasteiger partial charge in [0, 0.05) is 6.42 Å². The lowest BCUT2D eigenvalue weighted by atomic mass is 10.1. The van der Waals surface area contributed by atoms with Crippen molar-refractivity contribution in [2.75, 3.05) is 6.61 Å². The van der Waals surface area contributed by atoms with Crippen molar-refractivity contribution in [3.63, 3.8) is 0 Å². The van der Waals surface area contributed by atoms with Gasteiger partial charge < -0.3 is 15.3 Å². The van der Waals surface area contributed by atoms with Crippen LogP contribution >= 0.6 is 0 Å². The van der Waals surface area contributed by atoms with E-state index in [4.69, 9.17) is 15.3 Å². The molecule has 0 aromatic rings. The number of hydrogen-bond donors (Lipinski definition) is 3. The number of rotatable bonds is 5. The van der Waals surface area contributed by atoms with Crippen molar-refractivity contribution in [1.82, 2.24) is 0 Å². The summed E-state index contributed by atoms with van der Waals surface area (Å²) in [6, 6.07) is 0. The molecule has 0 heterocycles. The molecule has 5 nitrogen and oxygen atoms in total. The number of aliphatic hydroxyl groups excluding tert-OH is 1. The van der Waals surface area contributed by atoms with E-state index in [-0.39, 0.29) is 12.8 Å². The summed E-state index contributed by atoms with van der Waals surface area (Å²) in [4.78, 5) is 20.2. The number of carboxylic acids is 2. The van der Waals surface area contributed by atoms with E-state index in [9.17, 15) is 9.59 Å². The van der Waals surface area contributed by atoms with E-state index in [0.717, 1.165) is 0 Å². The lowest BCUT2D eigenvalue weighted by Crippen LogP contribution is -2.18. The Morgan fingerprint density at radius 1 is 1.27 bits per heavy atom. The minimum absolute atomic E-state index is 0.0266. The van der Waals surface area contributed by atoms with Crippen LogP contribution in [0.5, 0.6) is 0 Å². The SMILES string of the molecule is O=C(O)CC[C@H](CO)C(=O)O. The van der Waals surface area contributed by atoms with Gasteiger partial charge in [0.15, 0.2) is 0 Å². The van der Waals surface area contributed by atoms with Crippen LogP contribution in [0.4, 0.5) is 0 Å². The molecule has 0 amide bonds. The highest BCUT2D eigenvalue weighted by atomic mass is 16.4. The zero-order valence-corrected chi connectivity index (χ0v) is 5.86. The van der Waals surface area contributed by atoms with Gasteiger partial charge >= 0.3 is 11.9 Å². The molecule has 0 aromatic carbocycles. The first-order valence-electron chi connectivity index (χ1n) is 3.13. The Bertz CT molecular complexity index is 153. The molecule has 3 N–H and O–H groups in total. The predicted octanol–water partition coefficient (Wildman–Crippen LogP) is -0.456. The quantitative estimate of drug-likeness (QED) is 0.508. The second-order valence-corrected chi connectivity index (χ2v) is 2.15. The van der Waals surface area contributed by atoms with Gasteiger partial charge in [0.2, 0.25) is 0 Å². The molecular weight excluding hydrogens is 152 g/mol. The largest absolute Gasteiger partial charge is 0.481 e. The first-order chi connectivity index (χ1) is 5.07. The number of carboxylic acid groups (broad SMARTS) is 2. The number of carbonyl (C=O) groups is 2. The van der Waals surface area contributed by atoms with E-state index < -0.39 is 24.5 Å². The van der Waals surface area contributed by atoms with Crippen molar-refractivity contribution in [3.8, 4) is 0 Å². The Labute approximate surface area is 63.3 Å². The normalized spacial score (nSPS) is 12.5. The lowest BCUT2D eigenvalue weighted by Gasteiger charge is -2.05. The number of aliphatic hydroxyl groups is 1. The van der Waals surface area contributed by atoms with E-state index in [1.165, 1.54) is 0 Å².